The van der Waals surface area contributed by atoms with Crippen LogP contribution in [0.2, 0.25) is 0 Å². The monoisotopic (exact) mass is 180 g/mol. The van der Waals surface area contributed by atoms with E-state index in [4.69, 9.17) is 0 Å². The molecule has 0 bridgehead atoms. The third-order valence-electron chi connectivity index (χ3n) is 2.76. The lowest BCUT2D eigenvalue weighted by Crippen LogP contribution is -2.48. The van der Waals surface area contributed by atoms with Gasteiger partial charge in [0.2, 0.25) is 5.91 Å². The van der Waals surface area contributed by atoms with E-state index in [2.05, 4.69) is 17.5 Å². The van der Waals surface area contributed by atoms with Gasteiger partial charge in [-0.25, -0.2) is 0 Å². The van der Waals surface area contributed by atoms with Crippen LogP contribution in [0, 0.1) is 5.92 Å². The van der Waals surface area contributed by atoms with Crippen molar-refractivity contribution in [3.05, 3.63) is 12.2 Å². The third kappa shape index (κ3) is 1.91. The van der Waals surface area contributed by atoms with Crippen molar-refractivity contribution >= 4 is 5.91 Å². The molecule has 3 nitrogen and oxygen atoms in total. The Bertz CT molecular complexity index is 219. The van der Waals surface area contributed by atoms with Crippen LogP contribution in [0.3, 0.4) is 0 Å². The molecule has 1 fully saturated rings. The normalized spacial score (nSPS) is 28.0. The maximum absolute atomic E-state index is 11.8. The molecule has 0 radical (unpaired) electrons. The fourth-order valence-electron chi connectivity index (χ4n) is 1.96. The van der Waals surface area contributed by atoms with E-state index in [1.54, 1.807) is 0 Å². The number of carbonyl (C=O) groups excluding carboxylic acids is 1. The molecule has 72 valence electrons. The number of piperazine rings is 1. The Labute approximate surface area is 78.8 Å². The molecule has 1 aliphatic carbocycles. The lowest BCUT2D eigenvalue weighted by Gasteiger charge is -2.29. The van der Waals surface area contributed by atoms with Crippen LogP contribution >= 0.6 is 0 Å². The molecular weight excluding hydrogens is 164 g/mol. The van der Waals surface area contributed by atoms with Crippen LogP contribution in [0.25, 0.3) is 0 Å². The predicted molar refractivity (Wildman–Crippen MR) is 51.3 cm³/mol. The number of hydrogen-bond donors (Lipinski definition) is 1. The summed E-state index contributed by atoms with van der Waals surface area (Å²) in [4.78, 5) is 13.8. The van der Waals surface area contributed by atoms with Gasteiger partial charge in [-0.2, -0.15) is 0 Å². The van der Waals surface area contributed by atoms with Gasteiger partial charge in [-0.05, 0) is 12.8 Å². The Kier molecular flexibility index (Phi) is 2.64. The molecule has 1 N–H and O–H groups in total. The topological polar surface area (TPSA) is 32.3 Å². The summed E-state index contributed by atoms with van der Waals surface area (Å²) in [6.45, 7) is 3.65. The second-order valence-corrected chi connectivity index (χ2v) is 3.69. The Hall–Kier alpha value is -0.830. The van der Waals surface area contributed by atoms with Crippen LogP contribution in [0.15, 0.2) is 12.2 Å². The molecule has 0 spiro atoms. The molecule has 1 saturated heterocycles. The standard InChI is InChI=1S/C10H16N2O/c13-10(9-3-1-2-4-9)12-7-5-11-6-8-12/h1,3,9,11H,2,4-8H2/t9-/m0/s1. The highest BCUT2D eigenvalue weighted by molar-refractivity contribution is 5.81. The van der Waals surface area contributed by atoms with Crippen molar-refractivity contribution in [3.63, 3.8) is 0 Å². The summed E-state index contributed by atoms with van der Waals surface area (Å²) in [5, 5.41) is 3.25. The summed E-state index contributed by atoms with van der Waals surface area (Å²) in [6.07, 6.45) is 6.26. The molecule has 2 rings (SSSR count). The van der Waals surface area contributed by atoms with Crippen molar-refractivity contribution in [1.82, 2.24) is 10.2 Å². The first-order valence-electron chi connectivity index (χ1n) is 5.04. The molecule has 0 unspecified atom stereocenters. The maximum Gasteiger partial charge on any atom is 0.229 e. The molecule has 1 heterocycles. The van der Waals surface area contributed by atoms with Crippen LogP contribution in [0.5, 0.6) is 0 Å². The van der Waals surface area contributed by atoms with E-state index >= 15 is 0 Å². The zero-order valence-corrected chi connectivity index (χ0v) is 7.83. The van der Waals surface area contributed by atoms with Gasteiger partial charge < -0.3 is 10.2 Å². The summed E-state index contributed by atoms with van der Waals surface area (Å²) >= 11 is 0. The lowest BCUT2D eigenvalue weighted by atomic mass is 10.1. The Balaban J connectivity index is 1.91. The number of allylic oxidation sites excluding steroid dienone is 1. The van der Waals surface area contributed by atoms with Gasteiger partial charge in [-0.1, -0.05) is 12.2 Å². The van der Waals surface area contributed by atoms with Crippen molar-refractivity contribution in [2.45, 2.75) is 12.8 Å². The first-order valence-corrected chi connectivity index (χ1v) is 5.04. The summed E-state index contributed by atoms with van der Waals surface area (Å²) in [6, 6.07) is 0. The highest BCUT2D eigenvalue weighted by atomic mass is 16.2. The van der Waals surface area contributed by atoms with Crippen LogP contribution in [-0.4, -0.2) is 37.0 Å². The van der Waals surface area contributed by atoms with Crippen molar-refractivity contribution < 1.29 is 4.79 Å². The molecule has 0 aromatic rings. The van der Waals surface area contributed by atoms with Gasteiger partial charge >= 0.3 is 0 Å². The van der Waals surface area contributed by atoms with E-state index < -0.39 is 0 Å². The van der Waals surface area contributed by atoms with Crippen molar-refractivity contribution in [2.75, 3.05) is 26.2 Å². The largest absolute Gasteiger partial charge is 0.340 e. The first-order chi connectivity index (χ1) is 6.38. The molecule has 3 heteroatoms. The summed E-state index contributed by atoms with van der Waals surface area (Å²) < 4.78 is 0. The zero-order chi connectivity index (χ0) is 9.10. The summed E-state index contributed by atoms with van der Waals surface area (Å²) in [7, 11) is 0. The molecule has 0 aromatic heterocycles. The molecule has 13 heavy (non-hydrogen) atoms. The second kappa shape index (κ2) is 3.92. The molecule has 1 aliphatic heterocycles. The summed E-state index contributed by atoms with van der Waals surface area (Å²) in [5.74, 6) is 0.508. The number of carbonyl (C=O) groups is 1. The van der Waals surface area contributed by atoms with Gasteiger partial charge in [0.25, 0.3) is 0 Å². The average molecular weight is 180 g/mol. The molecule has 0 saturated carbocycles. The van der Waals surface area contributed by atoms with Gasteiger partial charge in [0.05, 0.1) is 5.92 Å². The van der Waals surface area contributed by atoms with Crippen LogP contribution in [0.4, 0.5) is 0 Å². The predicted octanol–water partition coefficient (Wildman–Crippen LogP) is 0.384. The van der Waals surface area contributed by atoms with E-state index in [9.17, 15) is 4.79 Å². The van der Waals surface area contributed by atoms with Crippen LogP contribution in [0.1, 0.15) is 12.8 Å². The number of nitrogens with one attached hydrogen (secondary N) is 1. The molecule has 1 amide bonds. The number of hydrogen-bond acceptors (Lipinski definition) is 2. The molecular formula is C10H16N2O. The van der Waals surface area contributed by atoms with Crippen LogP contribution < -0.4 is 5.32 Å². The van der Waals surface area contributed by atoms with Crippen LogP contribution in [-0.2, 0) is 4.79 Å². The minimum Gasteiger partial charge on any atom is -0.340 e. The van der Waals surface area contributed by atoms with Gasteiger partial charge in [0.15, 0.2) is 0 Å². The van der Waals surface area contributed by atoms with Gasteiger partial charge in [-0.15, -0.1) is 0 Å². The highest BCUT2D eigenvalue weighted by Gasteiger charge is 2.24. The van der Waals surface area contributed by atoms with E-state index in [1.807, 2.05) is 4.90 Å². The highest BCUT2D eigenvalue weighted by Crippen LogP contribution is 2.19. The van der Waals surface area contributed by atoms with E-state index in [0.29, 0.717) is 5.91 Å². The fourth-order valence-corrected chi connectivity index (χ4v) is 1.96. The van der Waals surface area contributed by atoms with Gasteiger partial charge in [0.1, 0.15) is 0 Å². The first kappa shape index (κ1) is 8.75. The van der Waals surface area contributed by atoms with Crippen molar-refractivity contribution in [3.8, 4) is 0 Å². The Morgan fingerprint density at radius 2 is 2.15 bits per heavy atom. The molecule has 0 aromatic carbocycles. The van der Waals surface area contributed by atoms with E-state index in [0.717, 1.165) is 39.0 Å². The maximum atomic E-state index is 11.8. The zero-order valence-electron chi connectivity index (χ0n) is 7.83. The Morgan fingerprint density at radius 3 is 2.77 bits per heavy atom. The van der Waals surface area contributed by atoms with Crippen molar-refractivity contribution in [2.24, 2.45) is 5.92 Å². The Morgan fingerprint density at radius 1 is 1.38 bits per heavy atom. The minimum absolute atomic E-state index is 0.179. The lowest BCUT2D eigenvalue weighted by molar-refractivity contribution is -0.134. The third-order valence-corrected chi connectivity index (χ3v) is 2.76. The van der Waals surface area contributed by atoms with Crippen molar-refractivity contribution in [1.29, 1.82) is 0 Å². The second-order valence-electron chi connectivity index (χ2n) is 3.69. The van der Waals surface area contributed by atoms with E-state index in [1.165, 1.54) is 0 Å². The number of amides is 1. The molecule has 2 aliphatic rings. The molecule has 1 atom stereocenters. The average Bonchev–Trinajstić information content (AvgIpc) is 2.71. The number of nitrogens with zero attached hydrogens (tertiary/aromatic N) is 1. The van der Waals surface area contributed by atoms with Gasteiger partial charge in [0, 0.05) is 26.2 Å². The fraction of sp³-hybridized carbons (Fsp3) is 0.700. The quantitative estimate of drug-likeness (QED) is 0.592. The number of rotatable bonds is 1. The smallest absolute Gasteiger partial charge is 0.229 e. The summed E-state index contributed by atoms with van der Waals surface area (Å²) in [5.41, 5.74) is 0. The van der Waals surface area contributed by atoms with Gasteiger partial charge in [-0.3, -0.25) is 4.79 Å². The minimum atomic E-state index is 0.179. The SMILES string of the molecule is O=C([C@H]1C=CCC1)N1CCNCC1. The van der Waals surface area contributed by atoms with E-state index in [-0.39, 0.29) is 5.92 Å².